The normalized spacial score (nSPS) is 11.4. The number of benzene rings is 1. The standard InChI is InChI=1S/C22H36N2O4/c1-13(2)23(14(3)4)21(25)27-19-17(9)11-12-18(10)20(19)28-22(26)24(15(5)6)16(7)8/h11-16H,1-10H3. The van der Waals surface area contributed by atoms with E-state index in [9.17, 15) is 9.59 Å². The Morgan fingerprint density at radius 2 is 0.893 bits per heavy atom. The average Bonchev–Trinajstić information content (AvgIpc) is 2.52. The Balaban J connectivity index is 3.27. The zero-order valence-corrected chi connectivity index (χ0v) is 19.0. The van der Waals surface area contributed by atoms with Crippen molar-refractivity contribution in [3.63, 3.8) is 0 Å². The Labute approximate surface area is 169 Å². The Kier molecular flexibility index (Phi) is 8.33. The predicted octanol–water partition coefficient (Wildman–Crippen LogP) is 5.54. The molecule has 0 aromatic heterocycles. The van der Waals surface area contributed by atoms with Crippen molar-refractivity contribution in [2.24, 2.45) is 0 Å². The zero-order chi connectivity index (χ0) is 21.8. The highest BCUT2D eigenvalue weighted by Crippen LogP contribution is 2.36. The molecule has 0 heterocycles. The summed E-state index contributed by atoms with van der Waals surface area (Å²) in [4.78, 5) is 28.9. The first-order valence-corrected chi connectivity index (χ1v) is 9.98. The van der Waals surface area contributed by atoms with Gasteiger partial charge in [-0.05, 0) is 80.4 Å². The summed E-state index contributed by atoms with van der Waals surface area (Å²) in [7, 11) is 0. The highest BCUT2D eigenvalue weighted by Gasteiger charge is 2.28. The fourth-order valence-corrected chi connectivity index (χ4v) is 3.33. The van der Waals surface area contributed by atoms with Crippen molar-refractivity contribution in [3.8, 4) is 11.5 Å². The molecule has 0 saturated carbocycles. The Morgan fingerprint density at radius 1 is 0.643 bits per heavy atom. The van der Waals surface area contributed by atoms with E-state index in [0.29, 0.717) is 0 Å². The van der Waals surface area contributed by atoms with Crippen molar-refractivity contribution >= 4 is 12.2 Å². The van der Waals surface area contributed by atoms with Gasteiger partial charge in [0.2, 0.25) is 0 Å². The van der Waals surface area contributed by atoms with E-state index in [0.717, 1.165) is 11.1 Å². The largest absolute Gasteiger partial charge is 0.415 e. The van der Waals surface area contributed by atoms with Crippen LogP contribution in [0.3, 0.4) is 0 Å². The van der Waals surface area contributed by atoms with Gasteiger partial charge in [-0.15, -0.1) is 0 Å². The molecule has 6 nitrogen and oxygen atoms in total. The lowest BCUT2D eigenvalue weighted by Gasteiger charge is -2.31. The predicted molar refractivity (Wildman–Crippen MR) is 112 cm³/mol. The third-order valence-electron chi connectivity index (χ3n) is 4.53. The molecular weight excluding hydrogens is 356 g/mol. The van der Waals surface area contributed by atoms with Crippen molar-refractivity contribution in [2.75, 3.05) is 0 Å². The summed E-state index contributed by atoms with van der Waals surface area (Å²) in [6.45, 7) is 19.2. The van der Waals surface area contributed by atoms with Gasteiger partial charge < -0.3 is 19.3 Å². The van der Waals surface area contributed by atoms with Gasteiger partial charge >= 0.3 is 12.2 Å². The Hall–Kier alpha value is -2.24. The minimum atomic E-state index is -0.458. The molecule has 0 aliphatic heterocycles. The van der Waals surface area contributed by atoms with Crippen LogP contribution in [0.4, 0.5) is 9.59 Å². The van der Waals surface area contributed by atoms with Crippen molar-refractivity contribution < 1.29 is 19.1 Å². The summed E-state index contributed by atoms with van der Waals surface area (Å²) in [6, 6.07) is 3.66. The molecule has 1 aromatic carbocycles. The van der Waals surface area contributed by atoms with E-state index in [2.05, 4.69) is 0 Å². The monoisotopic (exact) mass is 392 g/mol. The van der Waals surface area contributed by atoms with Gasteiger partial charge in [0.25, 0.3) is 0 Å². The van der Waals surface area contributed by atoms with E-state index in [1.54, 1.807) is 9.80 Å². The minimum Gasteiger partial charge on any atom is -0.406 e. The average molecular weight is 393 g/mol. The lowest BCUT2D eigenvalue weighted by molar-refractivity contribution is 0.113. The molecule has 0 spiro atoms. The van der Waals surface area contributed by atoms with E-state index in [1.165, 1.54) is 0 Å². The highest BCUT2D eigenvalue weighted by molar-refractivity contribution is 5.76. The number of nitrogens with zero attached hydrogens (tertiary/aromatic N) is 2. The van der Waals surface area contributed by atoms with Crippen LogP contribution in [-0.4, -0.2) is 46.2 Å². The first-order chi connectivity index (χ1) is 12.9. The SMILES string of the molecule is Cc1ccc(C)c(OC(=O)N(C(C)C)C(C)C)c1OC(=O)N(C(C)C)C(C)C. The number of rotatable bonds is 6. The zero-order valence-electron chi connectivity index (χ0n) is 19.0. The van der Waals surface area contributed by atoms with Gasteiger partial charge in [-0.25, -0.2) is 9.59 Å². The van der Waals surface area contributed by atoms with Crippen LogP contribution in [-0.2, 0) is 0 Å². The van der Waals surface area contributed by atoms with E-state index in [4.69, 9.17) is 9.47 Å². The number of hydrogen-bond donors (Lipinski definition) is 0. The van der Waals surface area contributed by atoms with Crippen LogP contribution in [0, 0.1) is 13.8 Å². The van der Waals surface area contributed by atoms with Gasteiger partial charge in [-0.3, -0.25) is 0 Å². The maximum absolute atomic E-state index is 12.8. The van der Waals surface area contributed by atoms with Gasteiger partial charge in [0.1, 0.15) is 0 Å². The number of carbonyl (C=O) groups excluding carboxylic acids is 2. The molecule has 0 fully saturated rings. The molecule has 0 aliphatic rings. The van der Waals surface area contributed by atoms with Crippen molar-refractivity contribution in [3.05, 3.63) is 23.3 Å². The highest BCUT2D eigenvalue weighted by atomic mass is 16.6. The second kappa shape index (κ2) is 9.80. The van der Waals surface area contributed by atoms with Gasteiger partial charge in [0, 0.05) is 24.2 Å². The molecule has 1 rings (SSSR count). The van der Waals surface area contributed by atoms with Crippen LogP contribution in [0.2, 0.25) is 0 Å². The molecule has 6 heteroatoms. The Morgan fingerprint density at radius 3 is 1.11 bits per heavy atom. The van der Waals surface area contributed by atoms with Crippen LogP contribution in [0.5, 0.6) is 11.5 Å². The molecule has 158 valence electrons. The summed E-state index contributed by atoms with van der Waals surface area (Å²) >= 11 is 0. The molecule has 0 saturated heterocycles. The van der Waals surface area contributed by atoms with Gasteiger partial charge in [0.15, 0.2) is 11.5 Å². The summed E-state index contributed by atoms with van der Waals surface area (Å²) < 4.78 is 11.5. The third kappa shape index (κ3) is 5.63. The molecular formula is C22H36N2O4. The number of hydrogen-bond acceptors (Lipinski definition) is 4. The van der Waals surface area contributed by atoms with Gasteiger partial charge in [-0.2, -0.15) is 0 Å². The lowest BCUT2D eigenvalue weighted by Crippen LogP contribution is -2.44. The summed E-state index contributed by atoms with van der Waals surface area (Å²) in [5.41, 5.74) is 1.46. The molecule has 0 unspecified atom stereocenters. The van der Waals surface area contributed by atoms with E-state index in [-0.39, 0.29) is 35.7 Å². The van der Waals surface area contributed by atoms with E-state index >= 15 is 0 Å². The summed E-state index contributed by atoms with van der Waals surface area (Å²) in [5.74, 6) is 0.578. The molecule has 0 radical (unpaired) electrons. The minimum absolute atomic E-state index is 0.0130. The molecule has 0 bridgehead atoms. The number of carbonyl (C=O) groups is 2. The first-order valence-electron chi connectivity index (χ1n) is 9.98. The van der Waals surface area contributed by atoms with Crippen LogP contribution < -0.4 is 9.47 Å². The van der Waals surface area contributed by atoms with Crippen molar-refractivity contribution in [2.45, 2.75) is 93.4 Å². The Bertz CT molecular complexity index is 621. The molecule has 1 aromatic rings. The quantitative estimate of drug-likeness (QED) is 0.638. The van der Waals surface area contributed by atoms with Crippen LogP contribution in [0.15, 0.2) is 12.1 Å². The van der Waals surface area contributed by atoms with Crippen molar-refractivity contribution in [1.29, 1.82) is 0 Å². The molecule has 0 atom stereocenters. The second-order valence-electron chi connectivity index (χ2n) is 8.28. The fraction of sp³-hybridized carbons (Fsp3) is 0.636. The fourth-order valence-electron chi connectivity index (χ4n) is 3.33. The maximum atomic E-state index is 12.8. The molecule has 0 N–H and O–H groups in total. The smallest absolute Gasteiger partial charge is 0.406 e. The van der Waals surface area contributed by atoms with Crippen LogP contribution in [0.1, 0.15) is 66.5 Å². The maximum Gasteiger partial charge on any atom is 0.415 e. The number of amides is 2. The number of aryl methyl sites for hydroxylation is 2. The van der Waals surface area contributed by atoms with Crippen LogP contribution >= 0.6 is 0 Å². The van der Waals surface area contributed by atoms with E-state index < -0.39 is 12.2 Å². The first kappa shape index (κ1) is 23.8. The summed E-state index contributed by atoms with van der Waals surface area (Å²) in [5, 5.41) is 0. The van der Waals surface area contributed by atoms with Crippen molar-refractivity contribution in [1.82, 2.24) is 9.80 Å². The molecule has 2 amide bonds. The topological polar surface area (TPSA) is 59.1 Å². The molecule has 0 aliphatic carbocycles. The lowest BCUT2D eigenvalue weighted by atomic mass is 10.1. The second-order valence-corrected chi connectivity index (χ2v) is 8.28. The van der Waals surface area contributed by atoms with E-state index in [1.807, 2.05) is 81.4 Å². The number of ether oxygens (including phenoxy) is 2. The van der Waals surface area contributed by atoms with Gasteiger partial charge in [-0.1, -0.05) is 12.1 Å². The summed E-state index contributed by atoms with van der Waals surface area (Å²) in [6.07, 6.45) is -0.916. The van der Waals surface area contributed by atoms with Crippen LogP contribution in [0.25, 0.3) is 0 Å². The molecule has 28 heavy (non-hydrogen) atoms. The third-order valence-corrected chi connectivity index (χ3v) is 4.53. The van der Waals surface area contributed by atoms with Gasteiger partial charge in [0.05, 0.1) is 0 Å².